The highest BCUT2D eigenvalue weighted by molar-refractivity contribution is 5.71. The van der Waals surface area contributed by atoms with Gasteiger partial charge in [0.25, 0.3) is 5.56 Å². The Bertz CT molecular complexity index is 1060. The summed E-state index contributed by atoms with van der Waals surface area (Å²) < 4.78 is 23.1. The topological polar surface area (TPSA) is 155 Å². The van der Waals surface area contributed by atoms with Crippen LogP contribution < -0.4 is 10.5 Å². The van der Waals surface area contributed by atoms with E-state index in [1.807, 2.05) is 0 Å². The van der Waals surface area contributed by atoms with Crippen LogP contribution in [0, 0.1) is 0 Å². The van der Waals surface area contributed by atoms with E-state index in [4.69, 9.17) is 18.9 Å². The molecule has 2 aromatic heterocycles. The Balaban J connectivity index is 2.08. The third-order valence-corrected chi connectivity index (χ3v) is 4.46. The Morgan fingerprint density at radius 3 is 2.35 bits per heavy atom. The molecule has 0 bridgehead atoms. The summed E-state index contributed by atoms with van der Waals surface area (Å²) in [5.41, 5.74) is -0.255. The van der Waals surface area contributed by atoms with Crippen molar-refractivity contribution in [2.45, 2.75) is 45.3 Å². The quantitative estimate of drug-likeness (QED) is 0.460. The number of imidazole rings is 1. The third-order valence-electron chi connectivity index (χ3n) is 4.46. The van der Waals surface area contributed by atoms with Crippen LogP contribution in [0.3, 0.4) is 0 Å². The number of carbonyl (C=O) groups is 3. The fourth-order valence-electron chi connectivity index (χ4n) is 3.23. The number of H-pyrrole nitrogens is 1. The van der Waals surface area contributed by atoms with E-state index in [1.54, 1.807) is 19.0 Å². The van der Waals surface area contributed by atoms with E-state index >= 15 is 0 Å². The smallest absolute Gasteiger partial charge is 0.303 e. The van der Waals surface area contributed by atoms with Gasteiger partial charge in [0.2, 0.25) is 5.95 Å². The van der Waals surface area contributed by atoms with Gasteiger partial charge in [-0.05, 0) is 0 Å². The van der Waals surface area contributed by atoms with Gasteiger partial charge in [-0.1, -0.05) is 0 Å². The number of nitrogens with one attached hydrogen (secondary N) is 1. The maximum absolute atomic E-state index is 12.4. The monoisotopic (exact) mass is 437 g/mol. The lowest BCUT2D eigenvalue weighted by molar-refractivity contribution is -0.166. The first-order chi connectivity index (χ1) is 14.6. The number of aromatic amines is 1. The first-order valence-electron chi connectivity index (χ1n) is 9.36. The molecule has 0 aliphatic carbocycles. The maximum atomic E-state index is 12.4. The standard InChI is InChI=1S/C18H23N5O8/c1-8(24)28-6-11-13(29-9(2)25)14(30-10(3)26)17(31-11)23-7-19-12-15(23)20-18(22(4)5)21-16(12)27/h7,11,13-14,17H,6H2,1-5H3,(H,20,21,27). The minimum absolute atomic E-state index is 0.0447. The van der Waals surface area contributed by atoms with Gasteiger partial charge in [-0.25, -0.2) is 4.98 Å². The molecular weight excluding hydrogens is 414 g/mol. The first kappa shape index (κ1) is 22.2. The number of ether oxygens (including phenoxy) is 4. The molecule has 3 rings (SSSR count). The number of anilines is 1. The van der Waals surface area contributed by atoms with Crippen LogP contribution in [0.4, 0.5) is 5.95 Å². The average molecular weight is 437 g/mol. The van der Waals surface area contributed by atoms with Crippen LogP contribution >= 0.6 is 0 Å². The van der Waals surface area contributed by atoms with E-state index in [0.29, 0.717) is 0 Å². The largest absolute Gasteiger partial charge is 0.463 e. The molecule has 1 fully saturated rings. The number of aromatic nitrogens is 4. The van der Waals surface area contributed by atoms with Crippen LogP contribution in [0.5, 0.6) is 0 Å². The molecular formula is C18H23N5O8. The maximum Gasteiger partial charge on any atom is 0.303 e. The number of rotatable bonds is 6. The number of hydrogen-bond donors (Lipinski definition) is 1. The normalized spacial score (nSPS) is 22.9. The number of esters is 3. The molecule has 0 amide bonds. The van der Waals surface area contributed by atoms with E-state index in [2.05, 4.69) is 15.0 Å². The van der Waals surface area contributed by atoms with Crippen molar-refractivity contribution in [1.29, 1.82) is 0 Å². The van der Waals surface area contributed by atoms with Gasteiger partial charge in [0.05, 0.1) is 6.33 Å². The van der Waals surface area contributed by atoms with Gasteiger partial charge in [-0.2, -0.15) is 4.98 Å². The molecule has 1 aliphatic rings. The number of fused-ring (bicyclic) bond motifs is 1. The predicted molar refractivity (Wildman–Crippen MR) is 104 cm³/mol. The van der Waals surface area contributed by atoms with E-state index < -0.39 is 48.0 Å². The SMILES string of the molecule is CC(=O)OCC1OC(n2cnc3c(=O)[nH]c(N(C)C)nc32)C(OC(C)=O)C1OC(C)=O. The van der Waals surface area contributed by atoms with E-state index in [-0.39, 0.29) is 23.7 Å². The predicted octanol–water partition coefficient (Wildman–Crippen LogP) is -0.490. The van der Waals surface area contributed by atoms with Crippen molar-refractivity contribution in [1.82, 2.24) is 19.5 Å². The molecule has 1 aliphatic heterocycles. The van der Waals surface area contributed by atoms with Crippen molar-refractivity contribution >= 4 is 35.0 Å². The van der Waals surface area contributed by atoms with Gasteiger partial charge in [-0.3, -0.25) is 28.7 Å². The molecule has 4 atom stereocenters. The number of nitrogens with zero attached hydrogens (tertiary/aromatic N) is 4. The molecule has 13 nitrogen and oxygen atoms in total. The third kappa shape index (κ3) is 4.66. The zero-order chi connectivity index (χ0) is 22.9. The lowest BCUT2D eigenvalue weighted by Gasteiger charge is -2.23. The van der Waals surface area contributed by atoms with Gasteiger partial charge in [0.15, 0.2) is 29.6 Å². The summed E-state index contributed by atoms with van der Waals surface area (Å²) in [6.07, 6.45) is -2.85. The molecule has 1 saturated heterocycles. The lowest BCUT2D eigenvalue weighted by Crippen LogP contribution is -2.40. The number of carbonyl (C=O) groups excluding carboxylic acids is 3. The summed E-state index contributed by atoms with van der Waals surface area (Å²) >= 11 is 0. The second kappa shape index (κ2) is 8.71. The summed E-state index contributed by atoms with van der Waals surface area (Å²) in [6, 6.07) is 0. The molecule has 0 aromatic carbocycles. The van der Waals surface area contributed by atoms with Crippen molar-refractivity contribution < 1.29 is 33.3 Å². The molecule has 1 N–H and O–H groups in total. The fraction of sp³-hybridized carbons (Fsp3) is 0.556. The zero-order valence-corrected chi connectivity index (χ0v) is 17.6. The Labute approximate surface area is 176 Å². The summed E-state index contributed by atoms with van der Waals surface area (Å²) in [5.74, 6) is -1.57. The molecule has 3 heterocycles. The highest BCUT2D eigenvalue weighted by atomic mass is 16.7. The zero-order valence-electron chi connectivity index (χ0n) is 17.6. The average Bonchev–Trinajstić information content (AvgIpc) is 3.21. The van der Waals surface area contributed by atoms with Crippen LogP contribution in [0.15, 0.2) is 11.1 Å². The number of hydrogen-bond acceptors (Lipinski definition) is 11. The van der Waals surface area contributed by atoms with E-state index in [9.17, 15) is 19.2 Å². The van der Waals surface area contributed by atoms with Gasteiger partial charge >= 0.3 is 17.9 Å². The molecule has 13 heteroatoms. The van der Waals surface area contributed by atoms with E-state index in [1.165, 1.54) is 31.7 Å². The Kier molecular flexibility index (Phi) is 6.24. The highest BCUT2D eigenvalue weighted by Crippen LogP contribution is 2.35. The summed E-state index contributed by atoms with van der Waals surface area (Å²) in [5, 5.41) is 0. The van der Waals surface area contributed by atoms with Crippen LogP contribution in [0.25, 0.3) is 11.2 Å². The Morgan fingerprint density at radius 2 is 1.77 bits per heavy atom. The summed E-state index contributed by atoms with van der Waals surface area (Å²) in [6.45, 7) is 3.36. The van der Waals surface area contributed by atoms with Crippen molar-refractivity contribution in [2.24, 2.45) is 0 Å². The van der Waals surface area contributed by atoms with Crippen molar-refractivity contribution in [2.75, 3.05) is 25.6 Å². The van der Waals surface area contributed by atoms with E-state index in [0.717, 1.165) is 0 Å². The lowest BCUT2D eigenvalue weighted by atomic mass is 10.1. The fourth-order valence-corrected chi connectivity index (χ4v) is 3.23. The van der Waals surface area contributed by atoms with Crippen molar-refractivity contribution in [3.05, 3.63) is 16.7 Å². The van der Waals surface area contributed by atoms with Crippen LogP contribution in [0.2, 0.25) is 0 Å². The molecule has 168 valence electrons. The van der Waals surface area contributed by atoms with Crippen LogP contribution in [-0.2, 0) is 33.3 Å². The molecule has 0 saturated carbocycles. The second-order valence-corrected chi connectivity index (χ2v) is 7.12. The Morgan fingerprint density at radius 1 is 1.13 bits per heavy atom. The van der Waals surface area contributed by atoms with Gasteiger partial charge in [0, 0.05) is 34.9 Å². The van der Waals surface area contributed by atoms with Gasteiger partial charge in [0.1, 0.15) is 12.7 Å². The second-order valence-electron chi connectivity index (χ2n) is 7.12. The molecule has 31 heavy (non-hydrogen) atoms. The minimum Gasteiger partial charge on any atom is -0.463 e. The van der Waals surface area contributed by atoms with Crippen molar-refractivity contribution in [3.63, 3.8) is 0 Å². The molecule has 0 spiro atoms. The first-order valence-corrected chi connectivity index (χ1v) is 9.36. The van der Waals surface area contributed by atoms with Gasteiger partial charge in [-0.15, -0.1) is 0 Å². The van der Waals surface area contributed by atoms with Crippen molar-refractivity contribution in [3.8, 4) is 0 Å². The van der Waals surface area contributed by atoms with Crippen LogP contribution in [0.1, 0.15) is 27.0 Å². The summed E-state index contributed by atoms with van der Waals surface area (Å²) in [4.78, 5) is 59.8. The molecule has 0 radical (unpaired) electrons. The summed E-state index contributed by atoms with van der Waals surface area (Å²) in [7, 11) is 3.40. The molecule has 2 aromatic rings. The highest BCUT2D eigenvalue weighted by Gasteiger charge is 2.51. The van der Waals surface area contributed by atoms with Crippen LogP contribution in [-0.4, -0.2) is 76.4 Å². The Hall–Kier alpha value is -3.48. The van der Waals surface area contributed by atoms with Gasteiger partial charge < -0.3 is 23.8 Å². The minimum atomic E-state index is -1.11. The molecule has 4 unspecified atom stereocenters.